The van der Waals surface area contributed by atoms with E-state index in [0.29, 0.717) is 18.2 Å². The highest BCUT2D eigenvalue weighted by molar-refractivity contribution is 7.09. The van der Waals surface area contributed by atoms with Gasteiger partial charge in [0.25, 0.3) is 5.91 Å². The van der Waals surface area contributed by atoms with Gasteiger partial charge in [-0.1, -0.05) is 30.3 Å². The van der Waals surface area contributed by atoms with Crippen LogP contribution in [0.5, 0.6) is 0 Å². The van der Waals surface area contributed by atoms with Gasteiger partial charge in [-0.2, -0.15) is 0 Å². The quantitative estimate of drug-likeness (QED) is 0.890. The third-order valence-corrected chi connectivity index (χ3v) is 4.80. The monoisotopic (exact) mass is 301 g/mol. The minimum absolute atomic E-state index is 0.0639. The number of hydrogen-bond donors (Lipinski definition) is 2. The fourth-order valence-corrected chi connectivity index (χ4v) is 3.44. The highest BCUT2D eigenvalue weighted by Gasteiger charge is 2.31. The van der Waals surface area contributed by atoms with Crippen LogP contribution in [0.4, 0.5) is 0 Å². The molecule has 0 bridgehead atoms. The molecule has 1 amide bonds. The minimum atomic E-state index is -0.0639. The number of nitrogens with zero attached hydrogens (tertiary/aromatic N) is 1. The van der Waals surface area contributed by atoms with E-state index in [-0.39, 0.29) is 11.9 Å². The largest absolute Gasteiger partial charge is 0.348 e. The lowest BCUT2D eigenvalue weighted by molar-refractivity contribution is 0.0904. The van der Waals surface area contributed by atoms with Crippen molar-refractivity contribution in [3.8, 4) is 0 Å². The molecule has 1 aromatic heterocycles. The summed E-state index contributed by atoms with van der Waals surface area (Å²) in [5.41, 5.74) is 7.38. The molecule has 1 aliphatic carbocycles. The second-order valence-corrected chi connectivity index (χ2v) is 6.36. The number of benzene rings is 1. The van der Waals surface area contributed by atoms with Crippen molar-refractivity contribution in [1.29, 1.82) is 0 Å². The fraction of sp³-hybridized carbons (Fsp3) is 0.375. The molecule has 0 spiro atoms. The lowest BCUT2D eigenvalue weighted by Crippen LogP contribution is -2.43. The van der Waals surface area contributed by atoms with E-state index < -0.39 is 0 Å². The zero-order valence-electron chi connectivity index (χ0n) is 11.8. The molecule has 0 unspecified atom stereocenters. The van der Waals surface area contributed by atoms with Crippen molar-refractivity contribution in [2.75, 3.05) is 6.54 Å². The molecule has 1 saturated carbocycles. The standard InChI is InChI=1S/C16H19N3OS/c17-7-6-15-19-14(10-21-15)16(20)18-13-8-12(9-13)11-4-2-1-3-5-11/h1-5,10,12-13H,6-9,17H2,(H,18,20). The number of thiazole rings is 1. The van der Waals surface area contributed by atoms with Crippen LogP contribution in [0, 0.1) is 0 Å². The average molecular weight is 301 g/mol. The molecule has 4 nitrogen and oxygen atoms in total. The maximum absolute atomic E-state index is 12.1. The molecular weight excluding hydrogens is 282 g/mol. The molecule has 0 saturated heterocycles. The minimum Gasteiger partial charge on any atom is -0.348 e. The molecule has 2 aromatic rings. The van der Waals surface area contributed by atoms with E-state index in [2.05, 4.69) is 34.6 Å². The van der Waals surface area contributed by atoms with E-state index in [1.807, 2.05) is 11.4 Å². The number of carbonyl (C=O) groups excluding carboxylic acids is 1. The topological polar surface area (TPSA) is 68.0 Å². The van der Waals surface area contributed by atoms with Gasteiger partial charge in [-0.3, -0.25) is 4.79 Å². The van der Waals surface area contributed by atoms with Crippen molar-refractivity contribution in [3.05, 3.63) is 52.0 Å². The normalized spacial score (nSPS) is 20.8. The molecule has 5 heteroatoms. The lowest BCUT2D eigenvalue weighted by atomic mass is 9.76. The van der Waals surface area contributed by atoms with Crippen LogP contribution >= 0.6 is 11.3 Å². The van der Waals surface area contributed by atoms with Crippen molar-refractivity contribution in [2.24, 2.45) is 5.73 Å². The van der Waals surface area contributed by atoms with Crippen molar-refractivity contribution in [1.82, 2.24) is 10.3 Å². The number of hydrogen-bond acceptors (Lipinski definition) is 4. The fourth-order valence-electron chi connectivity index (χ4n) is 2.65. The summed E-state index contributed by atoms with van der Waals surface area (Å²) < 4.78 is 0. The predicted octanol–water partition coefficient (Wildman–Crippen LogP) is 2.32. The van der Waals surface area contributed by atoms with Crippen molar-refractivity contribution >= 4 is 17.2 Å². The van der Waals surface area contributed by atoms with E-state index in [1.54, 1.807) is 0 Å². The summed E-state index contributed by atoms with van der Waals surface area (Å²) in [6.07, 6.45) is 2.75. The number of rotatable bonds is 5. The molecule has 1 aliphatic rings. The number of nitrogens with one attached hydrogen (secondary N) is 1. The summed E-state index contributed by atoms with van der Waals surface area (Å²) in [7, 11) is 0. The van der Waals surface area contributed by atoms with Gasteiger partial charge in [-0.15, -0.1) is 11.3 Å². The van der Waals surface area contributed by atoms with Gasteiger partial charge < -0.3 is 11.1 Å². The second kappa shape index (κ2) is 6.37. The first kappa shape index (κ1) is 14.2. The van der Waals surface area contributed by atoms with Gasteiger partial charge in [0.15, 0.2) is 0 Å². The van der Waals surface area contributed by atoms with Gasteiger partial charge in [0, 0.05) is 17.8 Å². The van der Waals surface area contributed by atoms with Crippen LogP contribution in [0.25, 0.3) is 0 Å². The molecule has 0 atom stereocenters. The molecule has 0 aliphatic heterocycles. The summed E-state index contributed by atoms with van der Waals surface area (Å²) in [4.78, 5) is 16.4. The smallest absolute Gasteiger partial charge is 0.270 e. The first-order valence-corrected chi connectivity index (χ1v) is 8.14. The Morgan fingerprint density at radius 2 is 2.10 bits per heavy atom. The average Bonchev–Trinajstić information content (AvgIpc) is 2.92. The van der Waals surface area contributed by atoms with Gasteiger partial charge in [0.2, 0.25) is 0 Å². The Balaban J connectivity index is 1.50. The highest BCUT2D eigenvalue weighted by Crippen LogP contribution is 2.36. The van der Waals surface area contributed by atoms with Crippen LogP contribution in [0.15, 0.2) is 35.7 Å². The Labute approximate surface area is 128 Å². The van der Waals surface area contributed by atoms with E-state index in [0.717, 1.165) is 24.3 Å². The summed E-state index contributed by atoms with van der Waals surface area (Å²) in [6.45, 7) is 0.565. The molecular formula is C16H19N3OS. The van der Waals surface area contributed by atoms with Gasteiger partial charge in [-0.25, -0.2) is 4.98 Å². The van der Waals surface area contributed by atoms with Gasteiger partial charge in [-0.05, 0) is 30.9 Å². The molecule has 3 N–H and O–H groups in total. The van der Waals surface area contributed by atoms with Crippen LogP contribution in [-0.4, -0.2) is 23.5 Å². The zero-order chi connectivity index (χ0) is 14.7. The van der Waals surface area contributed by atoms with Crippen LogP contribution < -0.4 is 11.1 Å². The van der Waals surface area contributed by atoms with Gasteiger partial charge in [0.05, 0.1) is 5.01 Å². The summed E-state index contributed by atoms with van der Waals surface area (Å²) in [5, 5.41) is 5.80. The Hall–Kier alpha value is -1.72. The van der Waals surface area contributed by atoms with E-state index >= 15 is 0 Å². The Bertz CT molecular complexity index is 605. The van der Waals surface area contributed by atoms with Crippen molar-refractivity contribution < 1.29 is 4.79 Å². The maximum Gasteiger partial charge on any atom is 0.270 e. The van der Waals surface area contributed by atoms with Gasteiger partial charge >= 0.3 is 0 Å². The van der Waals surface area contributed by atoms with Crippen molar-refractivity contribution in [3.63, 3.8) is 0 Å². The Morgan fingerprint density at radius 1 is 1.33 bits per heavy atom. The molecule has 0 radical (unpaired) electrons. The molecule has 21 heavy (non-hydrogen) atoms. The number of carbonyl (C=O) groups is 1. The van der Waals surface area contributed by atoms with E-state index in [4.69, 9.17) is 5.73 Å². The molecule has 1 fully saturated rings. The van der Waals surface area contributed by atoms with E-state index in [1.165, 1.54) is 16.9 Å². The highest BCUT2D eigenvalue weighted by atomic mass is 32.1. The first-order valence-electron chi connectivity index (χ1n) is 7.26. The van der Waals surface area contributed by atoms with E-state index in [9.17, 15) is 4.79 Å². The first-order chi connectivity index (χ1) is 10.3. The lowest BCUT2D eigenvalue weighted by Gasteiger charge is -2.36. The zero-order valence-corrected chi connectivity index (χ0v) is 12.6. The number of amides is 1. The molecule has 1 heterocycles. The molecule has 1 aromatic carbocycles. The maximum atomic E-state index is 12.1. The third kappa shape index (κ3) is 3.31. The van der Waals surface area contributed by atoms with Crippen LogP contribution in [0.1, 0.15) is 39.8 Å². The van der Waals surface area contributed by atoms with Crippen LogP contribution in [0.2, 0.25) is 0 Å². The summed E-state index contributed by atoms with van der Waals surface area (Å²) in [6, 6.07) is 10.7. The molecule has 3 rings (SSSR count). The third-order valence-electron chi connectivity index (χ3n) is 3.89. The van der Waals surface area contributed by atoms with Crippen LogP contribution in [-0.2, 0) is 6.42 Å². The predicted molar refractivity (Wildman–Crippen MR) is 84.5 cm³/mol. The Morgan fingerprint density at radius 3 is 2.81 bits per heavy atom. The Kier molecular flexibility index (Phi) is 4.31. The molecule has 110 valence electrons. The number of aromatic nitrogens is 1. The summed E-state index contributed by atoms with van der Waals surface area (Å²) >= 11 is 1.50. The summed E-state index contributed by atoms with van der Waals surface area (Å²) in [5.74, 6) is 0.505. The van der Waals surface area contributed by atoms with Crippen LogP contribution in [0.3, 0.4) is 0 Å². The van der Waals surface area contributed by atoms with Crippen molar-refractivity contribution in [2.45, 2.75) is 31.2 Å². The SMILES string of the molecule is NCCc1nc(C(=O)NC2CC(c3ccccc3)C2)cs1. The van der Waals surface area contributed by atoms with Gasteiger partial charge in [0.1, 0.15) is 5.69 Å². The second-order valence-electron chi connectivity index (χ2n) is 5.41. The number of nitrogens with two attached hydrogens (primary N) is 1.